The molecular weight excluding hydrogens is 434 g/mol. The Hall–Kier alpha value is -2.64. The highest BCUT2D eigenvalue weighted by Crippen LogP contribution is 2.22. The second-order valence-electron chi connectivity index (χ2n) is 5.63. The molecular formula is C19H15BrClN3O3. The molecule has 0 aliphatic heterocycles. The van der Waals surface area contributed by atoms with E-state index in [1.54, 1.807) is 42.6 Å². The van der Waals surface area contributed by atoms with Crippen LogP contribution in [0, 0.1) is 0 Å². The Morgan fingerprint density at radius 3 is 2.44 bits per heavy atom. The van der Waals surface area contributed by atoms with Crippen LogP contribution in [-0.2, 0) is 11.2 Å². The van der Waals surface area contributed by atoms with Gasteiger partial charge < -0.3 is 4.42 Å². The molecule has 2 amide bonds. The Balaban J connectivity index is 1.47. The zero-order chi connectivity index (χ0) is 19.2. The third-order valence-electron chi connectivity index (χ3n) is 3.67. The lowest BCUT2D eigenvalue weighted by Gasteiger charge is -2.06. The van der Waals surface area contributed by atoms with Gasteiger partial charge in [-0.05, 0) is 48.5 Å². The van der Waals surface area contributed by atoms with Crippen molar-refractivity contribution >= 4 is 39.3 Å². The predicted molar refractivity (Wildman–Crippen MR) is 105 cm³/mol. The summed E-state index contributed by atoms with van der Waals surface area (Å²) in [5.74, 6) is 0.309. The van der Waals surface area contributed by atoms with Crippen molar-refractivity contribution in [2.24, 2.45) is 0 Å². The summed E-state index contributed by atoms with van der Waals surface area (Å²) in [5, 5.41) is 0.639. The van der Waals surface area contributed by atoms with E-state index in [1.165, 1.54) is 0 Å². The maximum absolute atomic E-state index is 11.9. The molecule has 2 aromatic carbocycles. The molecule has 3 aromatic rings. The molecule has 8 heteroatoms. The van der Waals surface area contributed by atoms with Crippen LogP contribution in [0.4, 0.5) is 0 Å². The van der Waals surface area contributed by atoms with Gasteiger partial charge in [0.15, 0.2) is 11.7 Å². The number of hydrogen-bond donors (Lipinski definition) is 2. The van der Waals surface area contributed by atoms with Gasteiger partial charge >= 0.3 is 0 Å². The monoisotopic (exact) mass is 447 g/mol. The van der Waals surface area contributed by atoms with E-state index in [2.05, 4.69) is 31.8 Å². The molecule has 138 valence electrons. The smallest absolute Gasteiger partial charge is 0.269 e. The molecule has 0 saturated heterocycles. The van der Waals surface area contributed by atoms with Gasteiger partial charge in [-0.25, -0.2) is 4.98 Å². The van der Waals surface area contributed by atoms with E-state index < -0.39 is 5.91 Å². The van der Waals surface area contributed by atoms with Crippen LogP contribution in [0.3, 0.4) is 0 Å². The van der Waals surface area contributed by atoms with Gasteiger partial charge in [0.1, 0.15) is 0 Å². The Labute approximate surface area is 169 Å². The minimum atomic E-state index is -0.392. The van der Waals surface area contributed by atoms with Gasteiger partial charge in [0.25, 0.3) is 5.91 Å². The van der Waals surface area contributed by atoms with Crippen LogP contribution in [0.1, 0.15) is 22.7 Å². The second kappa shape index (κ2) is 8.83. The summed E-state index contributed by atoms with van der Waals surface area (Å²) >= 11 is 9.16. The molecule has 3 rings (SSSR count). The third-order valence-corrected chi connectivity index (χ3v) is 4.45. The molecule has 6 nitrogen and oxygen atoms in total. The highest BCUT2D eigenvalue weighted by atomic mass is 79.9. The first-order chi connectivity index (χ1) is 13.0. The molecule has 0 radical (unpaired) electrons. The van der Waals surface area contributed by atoms with Crippen LogP contribution < -0.4 is 10.9 Å². The summed E-state index contributed by atoms with van der Waals surface area (Å²) in [4.78, 5) is 28.0. The van der Waals surface area contributed by atoms with E-state index in [0.29, 0.717) is 28.7 Å². The molecule has 0 aliphatic carbocycles. The molecule has 0 fully saturated rings. The first-order valence-electron chi connectivity index (χ1n) is 8.06. The maximum atomic E-state index is 11.9. The fraction of sp³-hybridized carbons (Fsp3) is 0.105. The number of rotatable bonds is 5. The number of carbonyl (C=O) groups is 2. The maximum Gasteiger partial charge on any atom is 0.269 e. The number of hydrazine groups is 1. The van der Waals surface area contributed by atoms with E-state index in [0.717, 1.165) is 10.0 Å². The van der Waals surface area contributed by atoms with Crippen LogP contribution in [0.25, 0.3) is 11.3 Å². The average molecular weight is 449 g/mol. The lowest BCUT2D eigenvalue weighted by molar-refractivity contribution is -0.121. The Bertz CT molecular complexity index is 940. The molecule has 0 bridgehead atoms. The number of halogens is 2. The first kappa shape index (κ1) is 19.1. The number of aromatic nitrogens is 1. The number of hydrogen-bond acceptors (Lipinski definition) is 4. The minimum Gasteiger partial charge on any atom is -0.441 e. The molecule has 2 N–H and O–H groups in total. The van der Waals surface area contributed by atoms with E-state index >= 15 is 0 Å². The van der Waals surface area contributed by atoms with Crippen molar-refractivity contribution in [2.45, 2.75) is 12.8 Å². The molecule has 0 atom stereocenters. The summed E-state index contributed by atoms with van der Waals surface area (Å²) in [6, 6.07) is 14.0. The molecule has 0 unspecified atom stereocenters. The number of oxazole rings is 1. The normalized spacial score (nSPS) is 10.4. The van der Waals surface area contributed by atoms with Gasteiger partial charge in [-0.15, -0.1) is 0 Å². The Morgan fingerprint density at radius 1 is 1.04 bits per heavy atom. The lowest BCUT2D eigenvalue weighted by atomic mass is 10.2. The number of nitrogens with one attached hydrogen (secondary N) is 2. The van der Waals surface area contributed by atoms with Crippen LogP contribution in [0.2, 0.25) is 5.02 Å². The van der Waals surface area contributed by atoms with Crippen LogP contribution in [0.5, 0.6) is 0 Å². The molecule has 0 aliphatic rings. The summed E-state index contributed by atoms with van der Waals surface area (Å²) < 4.78 is 6.51. The highest BCUT2D eigenvalue weighted by molar-refractivity contribution is 9.10. The van der Waals surface area contributed by atoms with Gasteiger partial charge in [0, 0.05) is 33.5 Å². The summed E-state index contributed by atoms with van der Waals surface area (Å²) in [5.41, 5.74) is 6.04. The van der Waals surface area contributed by atoms with E-state index in [1.807, 2.05) is 12.1 Å². The van der Waals surface area contributed by atoms with Crippen molar-refractivity contribution in [1.82, 2.24) is 15.8 Å². The van der Waals surface area contributed by atoms with Crippen LogP contribution >= 0.6 is 27.5 Å². The molecule has 0 spiro atoms. The van der Waals surface area contributed by atoms with Crippen molar-refractivity contribution in [2.75, 3.05) is 0 Å². The summed E-state index contributed by atoms with van der Waals surface area (Å²) in [6.07, 6.45) is 2.04. The van der Waals surface area contributed by atoms with E-state index in [-0.39, 0.29) is 12.3 Å². The van der Waals surface area contributed by atoms with Crippen molar-refractivity contribution in [3.63, 3.8) is 0 Å². The SMILES string of the molecule is O=C(CCc1ncc(-c2ccc(Cl)cc2)o1)NNC(=O)c1ccc(Br)cc1. The van der Waals surface area contributed by atoms with E-state index in [4.69, 9.17) is 16.0 Å². The zero-order valence-electron chi connectivity index (χ0n) is 14.0. The van der Waals surface area contributed by atoms with Gasteiger partial charge in [-0.1, -0.05) is 27.5 Å². The number of nitrogens with zero attached hydrogens (tertiary/aromatic N) is 1. The standard InChI is InChI=1S/C19H15BrClN3O3/c20-14-5-1-13(2-6-14)19(26)24-23-17(25)9-10-18-22-11-16(27-18)12-3-7-15(21)8-4-12/h1-8,11H,9-10H2,(H,23,25)(H,24,26). The van der Waals surface area contributed by atoms with Crippen molar-refractivity contribution < 1.29 is 14.0 Å². The number of amides is 2. The fourth-order valence-corrected chi connectivity index (χ4v) is 2.65. The van der Waals surface area contributed by atoms with Crippen molar-refractivity contribution in [3.05, 3.63) is 75.7 Å². The van der Waals surface area contributed by atoms with Crippen molar-refractivity contribution in [1.29, 1.82) is 0 Å². The summed E-state index contributed by atoms with van der Waals surface area (Å²) in [7, 11) is 0. The molecule has 0 saturated carbocycles. The predicted octanol–water partition coefficient (Wildman–Crippen LogP) is 4.15. The quantitative estimate of drug-likeness (QED) is 0.574. The molecule has 1 aromatic heterocycles. The number of carbonyl (C=O) groups excluding carboxylic acids is 2. The van der Waals surface area contributed by atoms with E-state index in [9.17, 15) is 9.59 Å². The Morgan fingerprint density at radius 2 is 1.74 bits per heavy atom. The van der Waals surface area contributed by atoms with Gasteiger partial charge in [0.2, 0.25) is 5.91 Å². The van der Waals surface area contributed by atoms with Gasteiger partial charge in [0.05, 0.1) is 6.20 Å². The van der Waals surface area contributed by atoms with Gasteiger partial charge in [-0.2, -0.15) is 0 Å². The number of benzene rings is 2. The third kappa shape index (κ3) is 5.42. The lowest BCUT2D eigenvalue weighted by Crippen LogP contribution is -2.41. The Kier molecular flexibility index (Phi) is 6.26. The minimum absolute atomic E-state index is 0.126. The largest absolute Gasteiger partial charge is 0.441 e. The van der Waals surface area contributed by atoms with Crippen LogP contribution in [0.15, 0.2) is 63.6 Å². The van der Waals surface area contributed by atoms with Crippen LogP contribution in [-0.4, -0.2) is 16.8 Å². The molecule has 27 heavy (non-hydrogen) atoms. The molecule has 1 heterocycles. The highest BCUT2D eigenvalue weighted by Gasteiger charge is 2.10. The van der Waals surface area contributed by atoms with Crippen molar-refractivity contribution in [3.8, 4) is 11.3 Å². The first-order valence-corrected chi connectivity index (χ1v) is 9.24. The second-order valence-corrected chi connectivity index (χ2v) is 6.99. The number of aryl methyl sites for hydroxylation is 1. The topological polar surface area (TPSA) is 84.2 Å². The summed E-state index contributed by atoms with van der Waals surface area (Å²) in [6.45, 7) is 0. The van der Waals surface area contributed by atoms with Gasteiger partial charge in [-0.3, -0.25) is 20.4 Å². The zero-order valence-corrected chi connectivity index (χ0v) is 16.4. The average Bonchev–Trinajstić information content (AvgIpc) is 3.14. The fourth-order valence-electron chi connectivity index (χ4n) is 2.26.